The first-order valence-electron chi connectivity index (χ1n) is 5.12. The third kappa shape index (κ3) is 2.41. The minimum atomic E-state index is -3.19. The number of aliphatic carboxylic acids is 1. The lowest BCUT2D eigenvalue weighted by molar-refractivity contribution is -0.137. The standard InChI is InChI=1S/C9H12N2O5S/c12-8(13)1-3-11-9(14)6-5-17(15,16)4-2-7(6)10-11/h10H,1-5H2,(H,12,13). The SMILES string of the molecule is O=C(O)CCn1[nH]c2c(c1=O)CS(=O)(=O)CC2. The molecule has 0 bridgehead atoms. The first-order valence-corrected chi connectivity index (χ1v) is 6.94. The molecule has 1 aromatic rings. The van der Waals surface area contributed by atoms with Crippen molar-refractivity contribution in [2.24, 2.45) is 0 Å². The fraction of sp³-hybridized carbons (Fsp3) is 0.556. The van der Waals surface area contributed by atoms with Gasteiger partial charge in [-0.25, -0.2) is 8.42 Å². The fourth-order valence-electron chi connectivity index (χ4n) is 1.84. The molecule has 0 saturated carbocycles. The van der Waals surface area contributed by atoms with Crippen molar-refractivity contribution in [1.82, 2.24) is 9.78 Å². The zero-order valence-corrected chi connectivity index (χ0v) is 9.79. The second kappa shape index (κ2) is 4.02. The van der Waals surface area contributed by atoms with Crippen LogP contribution < -0.4 is 5.56 Å². The number of carboxylic acid groups (broad SMARTS) is 1. The second-order valence-electron chi connectivity index (χ2n) is 4.01. The number of sulfone groups is 1. The molecular formula is C9H12N2O5S. The normalized spacial score (nSPS) is 17.6. The van der Waals surface area contributed by atoms with Crippen LogP contribution in [0.5, 0.6) is 0 Å². The number of aromatic nitrogens is 2. The van der Waals surface area contributed by atoms with Gasteiger partial charge in [0.2, 0.25) is 0 Å². The summed E-state index contributed by atoms with van der Waals surface area (Å²) in [6.45, 7) is 0.0290. The van der Waals surface area contributed by atoms with Crippen LogP contribution in [0.15, 0.2) is 4.79 Å². The number of carbonyl (C=O) groups is 1. The van der Waals surface area contributed by atoms with Crippen molar-refractivity contribution >= 4 is 15.8 Å². The molecule has 0 aromatic carbocycles. The summed E-state index contributed by atoms with van der Waals surface area (Å²) in [4.78, 5) is 22.2. The lowest BCUT2D eigenvalue weighted by atomic mass is 10.2. The van der Waals surface area contributed by atoms with Gasteiger partial charge in [-0.2, -0.15) is 0 Å². The third-order valence-electron chi connectivity index (χ3n) is 2.71. The van der Waals surface area contributed by atoms with Gasteiger partial charge >= 0.3 is 5.97 Å². The summed E-state index contributed by atoms with van der Waals surface area (Å²) >= 11 is 0. The van der Waals surface area contributed by atoms with Crippen molar-refractivity contribution in [2.75, 3.05) is 5.75 Å². The molecule has 0 amide bonds. The smallest absolute Gasteiger partial charge is 0.305 e. The molecule has 8 heteroatoms. The Morgan fingerprint density at radius 3 is 2.82 bits per heavy atom. The molecule has 2 N–H and O–H groups in total. The number of hydrogen-bond acceptors (Lipinski definition) is 4. The van der Waals surface area contributed by atoms with E-state index in [0.717, 1.165) is 0 Å². The fourth-order valence-corrected chi connectivity index (χ4v) is 3.24. The molecule has 0 saturated heterocycles. The van der Waals surface area contributed by atoms with Crippen LogP contribution in [0.1, 0.15) is 17.7 Å². The maximum Gasteiger partial charge on any atom is 0.305 e. The van der Waals surface area contributed by atoms with Gasteiger partial charge in [0.05, 0.1) is 30.0 Å². The zero-order chi connectivity index (χ0) is 12.6. The number of aryl methyl sites for hydroxylation is 2. The minimum absolute atomic E-state index is 0.0267. The summed E-state index contributed by atoms with van der Waals surface area (Å²) in [5, 5.41) is 11.3. The number of H-pyrrole nitrogens is 1. The Hall–Kier alpha value is -1.57. The van der Waals surface area contributed by atoms with Crippen LogP contribution in [0, 0.1) is 0 Å². The summed E-state index contributed by atoms with van der Waals surface area (Å²) in [5.74, 6) is -1.23. The summed E-state index contributed by atoms with van der Waals surface area (Å²) in [6, 6.07) is 0. The Kier molecular flexibility index (Phi) is 2.82. The molecule has 0 unspecified atom stereocenters. The van der Waals surface area contributed by atoms with E-state index in [-0.39, 0.29) is 36.5 Å². The first-order chi connectivity index (χ1) is 7.89. The Morgan fingerprint density at radius 2 is 2.18 bits per heavy atom. The molecule has 0 aliphatic carbocycles. The molecule has 0 atom stereocenters. The van der Waals surface area contributed by atoms with Crippen molar-refractivity contribution in [1.29, 1.82) is 0 Å². The highest BCUT2D eigenvalue weighted by atomic mass is 32.2. The monoisotopic (exact) mass is 260 g/mol. The van der Waals surface area contributed by atoms with Crippen molar-refractivity contribution < 1.29 is 18.3 Å². The van der Waals surface area contributed by atoms with Gasteiger partial charge < -0.3 is 5.11 Å². The minimum Gasteiger partial charge on any atom is -0.481 e. The predicted octanol–water partition coefficient (Wildman–Crippen LogP) is -0.878. The van der Waals surface area contributed by atoms with Crippen LogP contribution in [0.3, 0.4) is 0 Å². The molecule has 94 valence electrons. The molecule has 0 radical (unpaired) electrons. The second-order valence-corrected chi connectivity index (χ2v) is 6.20. The van der Waals surface area contributed by atoms with Crippen LogP contribution in [0.25, 0.3) is 0 Å². The Morgan fingerprint density at radius 1 is 1.47 bits per heavy atom. The van der Waals surface area contributed by atoms with E-state index in [0.29, 0.717) is 5.69 Å². The van der Waals surface area contributed by atoms with Crippen molar-refractivity contribution in [3.63, 3.8) is 0 Å². The van der Waals surface area contributed by atoms with E-state index >= 15 is 0 Å². The van der Waals surface area contributed by atoms with E-state index < -0.39 is 21.4 Å². The van der Waals surface area contributed by atoms with E-state index in [1.807, 2.05) is 0 Å². The van der Waals surface area contributed by atoms with Crippen LogP contribution >= 0.6 is 0 Å². The van der Waals surface area contributed by atoms with Crippen molar-refractivity contribution in [2.45, 2.75) is 25.1 Å². The quantitative estimate of drug-likeness (QED) is 0.733. The van der Waals surface area contributed by atoms with Gasteiger partial charge in [0.15, 0.2) is 9.84 Å². The number of hydrogen-bond donors (Lipinski definition) is 2. The first kappa shape index (κ1) is 11.9. The number of aromatic amines is 1. The number of rotatable bonds is 3. The molecule has 0 fully saturated rings. The molecule has 2 heterocycles. The lowest BCUT2D eigenvalue weighted by Gasteiger charge is -2.09. The Balaban J connectivity index is 2.32. The number of fused-ring (bicyclic) bond motifs is 1. The highest BCUT2D eigenvalue weighted by molar-refractivity contribution is 7.90. The Labute approximate surface area is 97.0 Å². The largest absolute Gasteiger partial charge is 0.481 e. The van der Waals surface area contributed by atoms with Gasteiger partial charge in [-0.15, -0.1) is 0 Å². The van der Waals surface area contributed by atoms with Gasteiger partial charge in [-0.3, -0.25) is 19.4 Å². The molecule has 17 heavy (non-hydrogen) atoms. The van der Waals surface area contributed by atoms with Crippen molar-refractivity contribution in [3.8, 4) is 0 Å². The zero-order valence-electron chi connectivity index (χ0n) is 8.97. The number of carboxylic acids is 1. The van der Waals surface area contributed by atoms with Gasteiger partial charge in [-0.05, 0) is 0 Å². The molecule has 1 aliphatic rings. The van der Waals surface area contributed by atoms with E-state index in [2.05, 4.69) is 5.10 Å². The van der Waals surface area contributed by atoms with E-state index in [4.69, 9.17) is 5.11 Å². The van der Waals surface area contributed by atoms with Gasteiger partial charge in [0.1, 0.15) is 0 Å². The topological polar surface area (TPSA) is 109 Å². The van der Waals surface area contributed by atoms with Crippen LogP contribution in [-0.2, 0) is 33.4 Å². The van der Waals surface area contributed by atoms with Crippen LogP contribution in [-0.4, -0.2) is 35.0 Å². The summed E-state index contributed by atoms with van der Waals surface area (Å²) in [5.41, 5.74) is 0.432. The lowest BCUT2D eigenvalue weighted by Crippen LogP contribution is -2.24. The average molecular weight is 260 g/mol. The molecule has 1 aromatic heterocycles. The highest BCUT2D eigenvalue weighted by Gasteiger charge is 2.26. The third-order valence-corrected chi connectivity index (χ3v) is 4.27. The number of nitrogens with zero attached hydrogens (tertiary/aromatic N) is 1. The van der Waals surface area contributed by atoms with E-state index in [1.165, 1.54) is 4.68 Å². The van der Waals surface area contributed by atoms with Crippen LogP contribution in [0.2, 0.25) is 0 Å². The van der Waals surface area contributed by atoms with Crippen LogP contribution in [0.4, 0.5) is 0 Å². The summed E-state index contributed by atoms with van der Waals surface area (Å²) in [6.07, 6.45) is 0.110. The maximum absolute atomic E-state index is 11.8. The van der Waals surface area contributed by atoms with Crippen molar-refractivity contribution in [3.05, 3.63) is 21.6 Å². The summed E-state index contributed by atoms with van der Waals surface area (Å²) < 4.78 is 23.9. The molecule has 2 rings (SSSR count). The molecule has 0 spiro atoms. The van der Waals surface area contributed by atoms with Gasteiger partial charge in [0, 0.05) is 12.1 Å². The summed E-state index contributed by atoms with van der Waals surface area (Å²) in [7, 11) is -3.19. The maximum atomic E-state index is 11.8. The molecule has 1 aliphatic heterocycles. The average Bonchev–Trinajstić information content (AvgIpc) is 2.52. The predicted molar refractivity (Wildman–Crippen MR) is 58.5 cm³/mol. The molecular weight excluding hydrogens is 248 g/mol. The van der Waals surface area contributed by atoms with E-state index in [1.54, 1.807) is 0 Å². The van der Waals surface area contributed by atoms with Gasteiger partial charge in [-0.1, -0.05) is 0 Å². The number of nitrogens with one attached hydrogen (secondary N) is 1. The van der Waals surface area contributed by atoms with Gasteiger partial charge in [0.25, 0.3) is 5.56 Å². The highest BCUT2D eigenvalue weighted by Crippen LogP contribution is 2.15. The Bertz CT molecular complexity index is 610. The van der Waals surface area contributed by atoms with E-state index in [9.17, 15) is 18.0 Å². The molecule has 7 nitrogen and oxygen atoms in total.